The molecule has 2 aromatic heterocycles. The highest BCUT2D eigenvalue weighted by Gasteiger charge is 2.19. The fourth-order valence-electron chi connectivity index (χ4n) is 1.71. The van der Waals surface area contributed by atoms with Crippen molar-refractivity contribution in [1.82, 2.24) is 14.8 Å². The Bertz CT molecular complexity index is 564. The topological polar surface area (TPSA) is 71.2 Å². The molecule has 0 bridgehead atoms. The lowest BCUT2D eigenvalue weighted by atomic mass is 10.2. The number of aliphatic carboxylic acids is 1. The number of aromatic nitrogens is 3. The van der Waals surface area contributed by atoms with Gasteiger partial charge in [-0.05, 0) is 13.0 Å². The summed E-state index contributed by atoms with van der Waals surface area (Å²) >= 11 is 0. The van der Waals surface area contributed by atoms with Crippen molar-refractivity contribution in [3.05, 3.63) is 18.5 Å². The van der Waals surface area contributed by atoms with Crippen molar-refractivity contribution in [2.45, 2.75) is 13.0 Å². The van der Waals surface area contributed by atoms with Crippen molar-refractivity contribution < 1.29 is 9.90 Å². The van der Waals surface area contributed by atoms with E-state index < -0.39 is 12.0 Å². The van der Waals surface area contributed by atoms with Gasteiger partial charge in [-0.2, -0.15) is 5.10 Å². The zero-order valence-electron chi connectivity index (χ0n) is 9.95. The number of nitrogens with zero attached hydrogens (tertiary/aromatic N) is 4. The molecule has 0 aromatic carbocycles. The summed E-state index contributed by atoms with van der Waals surface area (Å²) in [4.78, 5) is 16.9. The van der Waals surface area contributed by atoms with E-state index in [1.54, 1.807) is 49.1 Å². The molecule has 0 saturated heterocycles. The van der Waals surface area contributed by atoms with E-state index >= 15 is 0 Å². The molecule has 17 heavy (non-hydrogen) atoms. The molecule has 6 nitrogen and oxygen atoms in total. The standard InChI is InChI=1S/C11H14N4O2/c1-7(11(16)17)14(2)9-4-5-12-10-8(9)6-13-15(10)3/h4-7H,1-3H3,(H,16,17). The second-order valence-electron chi connectivity index (χ2n) is 3.96. The van der Waals surface area contributed by atoms with Crippen LogP contribution < -0.4 is 4.90 Å². The molecule has 0 spiro atoms. The number of carbonyl (C=O) groups is 1. The van der Waals surface area contributed by atoms with Gasteiger partial charge < -0.3 is 10.0 Å². The van der Waals surface area contributed by atoms with Crippen molar-refractivity contribution in [2.75, 3.05) is 11.9 Å². The summed E-state index contributed by atoms with van der Waals surface area (Å²) in [5.74, 6) is -0.860. The first-order valence-corrected chi connectivity index (χ1v) is 5.24. The van der Waals surface area contributed by atoms with Gasteiger partial charge in [0.25, 0.3) is 0 Å². The third kappa shape index (κ3) is 1.82. The molecule has 1 N–H and O–H groups in total. The second kappa shape index (κ2) is 4.04. The molecule has 2 rings (SSSR count). The number of hydrogen-bond acceptors (Lipinski definition) is 4. The minimum atomic E-state index is -0.860. The molecular formula is C11H14N4O2. The first kappa shape index (κ1) is 11.4. The SMILES string of the molecule is CC(C(=O)O)N(C)c1ccnc2c1cnn2C. The summed E-state index contributed by atoms with van der Waals surface area (Å²) in [7, 11) is 3.56. The largest absolute Gasteiger partial charge is 0.480 e. The Balaban J connectivity index is 2.52. The molecule has 2 aromatic rings. The van der Waals surface area contributed by atoms with Crippen molar-refractivity contribution >= 4 is 22.7 Å². The predicted octanol–water partition coefficient (Wildman–Crippen LogP) is 0.878. The quantitative estimate of drug-likeness (QED) is 0.853. The lowest BCUT2D eigenvalue weighted by Crippen LogP contribution is -2.35. The van der Waals surface area contributed by atoms with Gasteiger partial charge in [-0.1, -0.05) is 0 Å². The molecule has 0 radical (unpaired) electrons. The molecule has 0 fully saturated rings. The first-order chi connectivity index (χ1) is 8.02. The summed E-state index contributed by atoms with van der Waals surface area (Å²) in [5.41, 5.74) is 1.56. The number of fused-ring (bicyclic) bond motifs is 1. The zero-order valence-corrected chi connectivity index (χ0v) is 9.95. The van der Waals surface area contributed by atoms with Crippen molar-refractivity contribution in [2.24, 2.45) is 7.05 Å². The van der Waals surface area contributed by atoms with Crippen LogP contribution in [0.5, 0.6) is 0 Å². The Morgan fingerprint density at radius 2 is 2.29 bits per heavy atom. The van der Waals surface area contributed by atoms with E-state index in [0.717, 1.165) is 16.7 Å². The van der Waals surface area contributed by atoms with Gasteiger partial charge in [-0.25, -0.2) is 9.78 Å². The van der Waals surface area contributed by atoms with Gasteiger partial charge in [0.05, 0.1) is 17.3 Å². The number of rotatable bonds is 3. The minimum absolute atomic E-state index is 0.596. The normalized spacial score (nSPS) is 12.6. The lowest BCUT2D eigenvalue weighted by molar-refractivity contribution is -0.138. The number of hydrogen-bond donors (Lipinski definition) is 1. The van der Waals surface area contributed by atoms with Crippen LogP contribution in [-0.4, -0.2) is 38.9 Å². The molecule has 6 heteroatoms. The molecule has 1 unspecified atom stereocenters. The third-order valence-electron chi connectivity index (χ3n) is 2.93. The molecule has 0 aliphatic rings. The highest BCUT2D eigenvalue weighted by molar-refractivity contribution is 5.91. The number of aryl methyl sites for hydroxylation is 1. The minimum Gasteiger partial charge on any atom is -0.480 e. The van der Waals surface area contributed by atoms with Crippen LogP contribution >= 0.6 is 0 Å². The average molecular weight is 234 g/mol. The van der Waals surface area contributed by atoms with Crippen molar-refractivity contribution in [1.29, 1.82) is 0 Å². The fourth-order valence-corrected chi connectivity index (χ4v) is 1.71. The van der Waals surface area contributed by atoms with E-state index in [4.69, 9.17) is 5.11 Å². The molecule has 2 heterocycles. The smallest absolute Gasteiger partial charge is 0.326 e. The van der Waals surface area contributed by atoms with E-state index in [1.165, 1.54) is 0 Å². The first-order valence-electron chi connectivity index (χ1n) is 5.24. The fraction of sp³-hybridized carbons (Fsp3) is 0.364. The number of carboxylic acid groups (broad SMARTS) is 1. The van der Waals surface area contributed by atoms with Gasteiger partial charge in [0.15, 0.2) is 5.65 Å². The maximum atomic E-state index is 11.0. The summed E-state index contributed by atoms with van der Waals surface area (Å²) in [5, 5.41) is 14.0. The Hall–Kier alpha value is -2.11. The molecule has 0 aliphatic carbocycles. The molecule has 0 saturated carbocycles. The van der Waals surface area contributed by atoms with Gasteiger partial charge in [-0.15, -0.1) is 0 Å². The molecular weight excluding hydrogens is 220 g/mol. The van der Waals surface area contributed by atoms with Crippen molar-refractivity contribution in [3.8, 4) is 0 Å². The van der Waals surface area contributed by atoms with Crippen LogP contribution in [0.15, 0.2) is 18.5 Å². The molecule has 0 aliphatic heterocycles. The highest BCUT2D eigenvalue weighted by atomic mass is 16.4. The van der Waals surface area contributed by atoms with Gasteiger partial charge >= 0.3 is 5.97 Å². The third-order valence-corrected chi connectivity index (χ3v) is 2.93. The van der Waals surface area contributed by atoms with E-state index in [1.807, 2.05) is 0 Å². The van der Waals surface area contributed by atoms with Crippen LogP contribution in [0.4, 0.5) is 5.69 Å². The maximum Gasteiger partial charge on any atom is 0.326 e. The number of likely N-dealkylation sites (N-methyl/N-ethyl adjacent to an activating group) is 1. The number of carboxylic acids is 1. The summed E-state index contributed by atoms with van der Waals surface area (Å²) < 4.78 is 1.66. The van der Waals surface area contributed by atoms with Gasteiger partial charge in [0, 0.05) is 20.3 Å². The van der Waals surface area contributed by atoms with Crippen LogP contribution in [0.1, 0.15) is 6.92 Å². The Kier molecular flexibility index (Phi) is 2.71. The monoisotopic (exact) mass is 234 g/mol. The Labute approximate surface area is 98.5 Å². The number of pyridine rings is 1. The summed E-state index contributed by atoms with van der Waals surface area (Å²) in [6, 6.07) is 1.20. The van der Waals surface area contributed by atoms with E-state index in [9.17, 15) is 4.79 Å². The van der Waals surface area contributed by atoms with E-state index in [0.29, 0.717) is 0 Å². The van der Waals surface area contributed by atoms with Crippen LogP contribution in [0, 0.1) is 0 Å². The maximum absolute atomic E-state index is 11.0. The van der Waals surface area contributed by atoms with Crippen LogP contribution in [0.25, 0.3) is 11.0 Å². The van der Waals surface area contributed by atoms with E-state index in [-0.39, 0.29) is 0 Å². The second-order valence-corrected chi connectivity index (χ2v) is 3.96. The average Bonchev–Trinajstić information content (AvgIpc) is 2.69. The number of anilines is 1. The van der Waals surface area contributed by atoms with Crippen LogP contribution in [-0.2, 0) is 11.8 Å². The predicted molar refractivity (Wildman–Crippen MR) is 64.0 cm³/mol. The zero-order chi connectivity index (χ0) is 12.6. The Morgan fingerprint density at radius 1 is 1.59 bits per heavy atom. The van der Waals surface area contributed by atoms with Crippen molar-refractivity contribution in [3.63, 3.8) is 0 Å². The molecule has 90 valence electrons. The lowest BCUT2D eigenvalue weighted by Gasteiger charge is -2.23. The molecule has 1 atom stereocenters. The van der Waals surface area contributed by atoms with Gasteiger partial charge in [-0.3, -0.25) is 4.68 Å². The Morgan fingerprint density at radius 3 is 2.94 bits per heavy atom. The van der Waals surface area contributed by atoms with Crippen LogP contribution in [0.2, 0.25) is 0 Å². The highest BCUT2D eigenvalue weighted by Crippen LogP contribution is 2.25. The van der Waals surface area contributed by atoms with E-state index in [2.05, 4.69) is 10.1 Å². The summed E-state index contributed by atoms with van der Waals surface area (Å²) in [6.07, 6.45) is 3.35. The van der Waals surface area contributed by atoms with Gasteiger partial charge in [0.2, 0.25) is 0 Å². The van der Waals surface area contributed by atoms with Gasteiger partial charge in [0.1, 0.15) is 6.04 Å². The summed E-state index contributed by atoms with van der Waals surface area (Å²) in [6.45, 7) is 1.64. The molecule has 0 amide bonds. The van der Waals surface area contributed by atoms with Crippen LogP contribution in [0.3, 0.4) is 0 Å².